The highest BCUT2D eigenvalue weighted by atomic mass is 16.5. The van der Waals surface area contributed by atoms with Crippen molar-refractivity contribution in [1.29, 1.82) is 0 Å². The van der Waals surface area contributed by atoms with E-state index >= 15 is 0 Å². The van der Waals surface area contributed by atoms with Crippen LogP contribution in [0.15, 0.2) is 36.8 Å². The van der Waals surface area contributed by atoms with Crippen molar-refractivity contribution >= 4 is 28.4 Å². The summed E-state index contributed by atoms with van der Waals surface area (Å²) in [6.45, 7) is 5.19. The lowest BCUT2D eigenvalue weighted by atomic mass is 9.89. The number of hydrogen-bond acceptors (Lipinski definition) is 8. The van der Waals surface area contributed by atoms with Gasteiger partial charge in [0.1, 0.15) is 17.0 Å². The summed E-state index contributed by atoms with van der Waals surface area (Å²) in [5.41, 5.74) is 3.59. The molecule has 2 N–H and O–H groups in total. The molecule has 1 saturated heterocycles. The van der Waals surface area contributed by atoms with Crippen LogP contribution < -0.4 is 10.6 Å². The van der Waals surface area contributed by atoms with E-state index in [4.69, 9.17) is 14.5 Å². The van der Waals surface area contributed by atoms with Crippen molar-refractivity contribution in [3.8, 4) is 11.3 Å². The molecule has 1 saturated carbocycles. The first-order chi connectivity index (χ1) is 18.2. The molecule has 0 aromatic carbocycles. The second kappa shape index (κ2) is 10.1. The maximum atomic E-state index is 13.2. The fraction of sp³-hybridized carbons (Fsp3) is 0.462. The van der Waals surface area contributed by atoms with Gasteiger partial charge in [0.2, 0.25) is 0 Å². The lowest BCUT2D eigenvalue weighted by Crippen LogP contribution is -2.51. The Kier molecular flexibility index (Phi) is 6.49. The van der Waals surface area contributed by atoms with Crippen LogP contribution in [0.1, 0.15) is 23.2 Å². The van der Waals surface area contributed by atoms with Crippen molar-refractivity contribution in [2.45, 2.75) is 31.5 Å². The number of anilines is 1. The SMILES string of the molecule is CNc1cc(-c2cn(CCN3CCOCC3)c3ncccc23)nc2c(C(=O)N[C@@H]3CC[C@H]3OC)cnn12. The number of fused-ring (bicyclic) bond motifs is 2. The fourth-order valence-electron chi connectivity index (χ4n) is 5.17. The monoisotopic (exact) mass is 504 g/mol. The number of nitrogens with one attached hydrogen (secondary N) is 2. The molecular weight excluding hydrogens is 472 g/mol. The highest BCUT2D eigenvalue weighted by molar-refractivity contribution is 6.01. The van der Waals surface area contributed by atoms with Crippen LogP contribution in [0.3, 0.4) is 0 Å². The molecule has 2 atom stereocenters. The minimum absolute atomic E-state index is 0.00918. The molecule has 1 amide bonds. The van der Waals surface area contributed by atoms with Crippen LogP contribution in [0.2, 0.25) is 0 Å². The van der Waals surface area contributed by atoms with E-state index in [0.717, 1.165) is 80.3 Å². The van der Waals surface area contributed by atoms with Gasteiger partial charge in [-0.05, 0) is 25.0 Å². The molecule has 0 spiro atoms. The molecular formula is C26H32N8O3. The van der Waals surface area contributed by atoms with Crippen molar-refractivity contribution in [3.05, 3.63) is 42.4 Å². The van der Waals surface area contributed by atoms with Crippen LogP contribution in [-0.4, -0.2) is 94.1 Å². The second-order valence-corrected chi connectivity index (χ2v) is 9.57. The van der Waals surface area contributed by atoms with Crippen molar-refractivity contribution < 1.29 is 14.3 Å². The minimum atomic E-state index is -0.192. The summed E-state index contributed by atoms with van der Waals surface area (Å²) < 4.78 is 14.8. The molecule has 5 heterocycles. The van der Waals surface area contributed by atoms with Gasteiger partial charge in [-0.15, -0.1) is 0 Å². The van der Waals surface area contributed by atoms with Gasteiger partial charge < -0.3 is 24.7 Å². The van der Waals surface area contributed by atoms with E-state index in [1.54, 1.807) is 17.8 Å². The Morgan fingerprint density at radius 2 is 2.08 bits per heavy atom. The summed E-state index contributed by atoms with van der Waals surface area (Å²) in [5.74, 6) is 0.554. The number of carbonyl (C=O) groups is 1. The van der Waals surface area contributed by atoms with E-state index in [2.05, 4.69) is 42.4 Å². The third-order valence-corrected chi connectivity index (χ3v) is 7.47. The summed E-state index contributed by atoms with van der Waals surface area (Å²) in [6, 6.07) is 5.98. The van der Waals surface area contributed by atoms with Crippen molar-refractivity contribution in [2.75, 3.05) is 52.3 Å². The molecule has 0 bridgehead atoms. The Morgan fingerprint density at radius 1 is 1.22 bits per heavy atom. The number of pyridine rings is 1. The number of rotatable bonds is 8. The molecule has 37 heavy (non-hydrogen) atoms. The molecule has 4 aromatic heterocycles. The standard InChI is InChI=1S/C26H32N8O3/c1-27-23-14-21(30-25-18(15-29-34(23)25)26(35)31-20-5-6-22(20)36-2)19-16-33(24-17(19)4-3-7-28-24)9-8-32-10-12-37-13-11-32/h3-4,7,14-16,20,22,27H,5-6,8-13H2,1-2H3,(H,31,35)/t20-,22-/m1/s1. The Bertz CT molecular complexity index is 1420. The molecule has 11 nitrogen and oxygen atoms in total. The predicted octanol–water partition coefficient (Wildman–Crippen LogP) is 2.03. The van der Waals surface area contributed by atoms with E-state index in [1.807, 2.05) is 25.4 Å². The Morgan fingerprint density at radius 3 is 2.84 bits per heavy atom. The number of carbonyl (C=O) groups excluding carboxylic acids is 1. The van der Waals surface area contributed by atoms with Gasteiger partial charge >= 0.3 is 0 Å². The van der Waals surface area contributed by atoms with Gasteiger partial charge in [-0.25, -0.2) is 9.97 Å². The first kappa shape index (κ1) is 23.8. The van der Waals surface area contributed by atoms with Crippen LogP contribution in [0.25, 0.3) is 27.9 Å². The predicted molar refractivity (Wildman–Crippen MR) is 140 cm³/mol. The van der Waals surface area contributed by atoms with Gasteiger partial charge in [0, 0.05) is 69.7 Å². The second-order valence-electron chi connectivity index (χ2n) is 9.57. The number of methoxy groups -OCH3 is 1. The Balaban J connectivity index is 1.36. The van der Waals surface area contributed by atoms with E-state index in [1.165, 1.54) is 0 Å². The number of ether oxygens (including phenoxy) is 2. The largest absolute Gasteiger partial charge is 0.379 e. The average molecular weight is 505 g/mol. The van der Waals surface area contributed by atoms with Crippen LogP contribution >= 0.6 is 0 Å². The molecule has 6 rings (SSSR count). The first-order valence-corrected chi connectivity index (χ1v) is 12.8. The fourth-order valence-corrected chi connectivity index (χ4v) is 5.17. The summed E-state index contributed by atoms with van der Waals surface area (Å²) >= 11 is 0. The molecule has 194 valence electrons. The van der Waals surface area contributed by atoms with Gasteiger partial charge in [0.25, 0.3) is 5.91 Å². The Labute approximate surface area is 214 Å². The molecule has 1 aliphatic heterocycles. The van der Waals surface area contributed by atoms with Crippen LogP contribution in [0, 0.1) is 0 Å². The molecule has 2 aliphatic rings. The molecule has 11 heteroatoms. The quantitative estimate of drug-likeness (QED) is 0.375. The zero-order valence-electron chi connectivity index (χ0n) is 21.2. The Hall–Kier alpha value is -3.54. The lowest BCUT2D eigenvalue weighted by molar-refractivity contribution is 0.00732. The van der Waals surface area contributed by atoms with E-state index in [-0.39, 0.29) is 18.1 Å². The number of aromatic nitrogens is 5. The summed E-state index contributed by atoms with van der Waals surface area (Å²) in [6.07, 6.45) is 7.42. The number of morpholine rings is 1. The van der Waals surface area contributed by atoms with Crippen molar-refractivity contribution in [3.63, 3.8) is 0 Å². The van der Waals surface area contributed by atoms with Crippen molar-refractivity contribution in [1.82, 2.24) is 34.4 Å². The van der Waals surface area contributed by atoms with Gasteiger partial charge in [0.05, 0.1) is 37.3 Å². The van der Waals surface area contributed by atoms with Gasteiger partial charge in [0.15, 0.2) is 5.65 Å². The van der Waals surface area contributed by atoms with Gasteiger partial charge in [-0.2, -0.15) is 9.61 Å². The van der Waals surface area contributed by atoms with Crippen molar-refractivity contribution in [2.24, 2.45) is 0 Å². The smallest absolute Gasteiger partial charge is 0.257 e. The van der Waals surface area contributed by atoms with Crippen LogP contribution in [0.4, 0.5) is 5.82 Å². The summed E-state index contributed by atoms with van der Waals surface area (Å²) in [7, 11) is 3.52. The summed E-state index contributed by atoms with van der Waals surface area (Å²) in [4.78, 5) is 25.2. The zero-order valence-corrected chi connectivity index (χ0v) is 21.2. The van der Waals surface area contributed by atoms with Crippen LogP contribution in [0.5, 0.6) is 0 Å². The molecule has 2 fully saturated rings. The first-order valence-electron chi connectivity index (χ1n) is 12.8. The van der Waals surface area contributed by atoms with Gasteiger partial charge in [-0.3, -0.25) is 9.69 Å². The third-order valence-electron chi connectivity index (χ3n) is 7.47. The highest BCUT2D eigenvalue weighted by Crippen LogP contribution is 2.31. The normalized spacial score (nSPS) is 20.3. The number of hydrogen-bond donors (Lipinski definition) is 2. The zero-order chi connectivity index (χ0) is 25.4. The van der Waals surface area contributed by atoms with E-state index in [9.17, 15) is 4.79 Å². The molecule has 0 unspecified atom stereocenters. The summed E-state index contributed by atoms with van der Waals surface area (Å²) in [5, 5.41) is 11.8. The third kappa shape index (κ3) is 4.43. The minimum Gasteiger partial charge on any atom is -0.379 e. The highest BCUT2D eigenvalue weighted by Gasteiger charge is 2.33. The van der Waals surface area contributed by atoms with Gasteiger partial charge in [-0.1, -0.05) is 0 Å². The van der Waals surface area contributed by atoms with E-state index in [0.29, 0.717) is 11.2 Å². The number of amides is 1. The molecule has 0 radical (unpaired) electrons. The maximum absolute atomic E-state index is 13.2. The average Bonchev–Trinajstić information content (AvgIpc) is 3.52. The van der Waals surface area contributed by atoms with E-state index < -0.39 is 0 Å². The molecule has 1 aliphatic carbocycles. The topological polar surface area (TPSA) is 111 Å². The maximum Gasteiger partial charge on any atom is 0.257 e. The molecule has 4 aromatic rings. The van der Waals surface area contributed by atoms with Crippen LogP contribution in [-0.2, 0) is 16.0 Å². The lowest BCUT2D eigenvalue weighted by Gasteiger charge is -2.35. The number of nitrogens with zero attached hydrogens (tertiary/aromatic N) is 6.